The van der Waals surface area contributed by atoms with Gasteiger partial charge >= 0.3 is 0 Å². The first-order valence-corrected chi connectivity index (χ1v) is 9.98. The zero-order valence-electron chi connectivity index (χ0n) is 13.1. The number of hydrogen-bond donors (Lipinski definition) is 2. The topological polar surface area (TPSA) is 86.3 Å². The smallest absolute Gasteiger partial charge is 0.178 e. The van der Waals surface area contributed by atoms with Crippen LogP contribution < -0.4 is 0 Å². The molecular weight excluding hydrogens is 302 g/mol. The van der Waals surface area contributed by atoms with E-state index in [1.54, 1.807) is 0 Å². The van der Waals surface area contributed by atoms with Crippen molar-refractivity contribution in [2.45, 2.75) is 61.5 Å². The first-order valence-electron chi connectivity index (χ1n) is 8.09. The van der Waals surface area contributed by atoms with Crippen LogP contribution in [0, 0.1) is 0 Å². The van der Waals surface area contributed by atoms with Crippen molar-refractivity contribution in [2.75, 3.05) is 19.3 Å². The Balaban J connectivity index is 1.80. The molecule has 124 valence electrons. The Hall–Kier alpha value is -0.920. The van der Waals surface area contributed by atoms with Crippen LogP contribution in [0.1, 0.15) is 56.7 Å². The monoisotopic (exact) mass is 327 g/mol. The van der Waals surface area contributed by atoms with Gasteiger partial charge in [0.1, 0.15) is 4.90 Å². The number of nitrogens with zero attached hydrogens (tertiary/aromatic N) is 2. The lowest BCUT2D eigenvalue weighted by molar-refractivity contribution is -0.0297. The number of sulfone groups is 1. The van der Waals surface area contributed by atoms with Gasteiger partial charge < -0.3 is 5.11 Å². The van der Waals surface area contributed by atoms with E-state index < -0.39 is 15.4 Å². The Morgan fingerprint density at radius 1 is 1.36 bits per heavy atom. The number of rotatable bonds is 4. The van der Waals surface area contributed by atoms with Gasteiger partial charge in [0, 0.05) is 12.8 Å². The maximum absolute atomic E-state index is 11.9. The molecule has 0 bridgehead atoms. The average Bonchev–Trinajstić information content (AvgIpc) is 3.06. The number of aliphatic hydroxyl groups is 1. The van der Waals surface area contributed by atoms with Crippen LogP contribution >= 0.6 is 0 Å². The Labute approximate surface area is 131 Å². The molecule has 1 aliphatic heterocycles. The Kier molecular flexibility index (Phi) is 4.31. The summed E-state index contributed by atoms with van der Waals surface area (Å²) in [5.41, 5.74) is 0.0611. The standard InChI is InChI=1S/C15H25N3O3S/c1-22(20,21)13-10-16-17-14(13)12-6-5-9-18(12)11-15(19)7-3-2-4-8-15/h10,12,19H,2-9,11H2,1H3,(H,16,17). The first-order chi connectivity index (χ1) is 10.4. The van der Waals surface area contributed by atoms with E-state index in [-0.39, 0.29) is 6.04 Å². The molecule has 6 nitrogen and oxygen atoms in total. The Bertz CT molecular complexity index is 620. The molecule has 1 atom stereocenters. The second kappa shape index (κ2) is 5.94. The van der Waals surface area contributed by atoms with Crippen molar-refractivity contribution in [1.82, 2.24) is 15.1 Å². The fourth-order valence-corrected chi connectivity index (χ4v) is 4.73. The zero-order chi connectivity index (χ0) is 15.8. The fraction of sp³-hybridized carbons (Fsp3) is 0.800. The molecule has 1 aromatic rings. The van der Waals surface area contributed by atoms with Gasteiger partial charge in [-0.1, -0.05) is 19.3 Å². The number of nitrogens with one attached hydrogen (secondary N) is 1. The fourth-order valence-electron chi connectivity index (χ4n) is 3.91. The van der Waals surface area contributed by atoms with E-state index in [9.17, 15) is 13.5 Å². The lowest BCUT2D eigenvalue weighted by Crippen LogP contribution is -2.44. The molecule has 0 spiro atoms. The Morgan fingerprint density at radius 2 is 2.09 bits per heavy atom. The largest absolute Gasteiger partial charge is 0.389 e. The predicted molar refractivity (Wildman–Crippen MR) is 83.3 cm³/mol. The van der Waals surface area contributed by atoms with Gasteiger partial charge in [0.25, 0.3) is 0 Å². The van der Waals surface area contributed by atoms with Gasteiger partial charge in [-0.2, -0.15) is 5.10 Å². The van der Waals surface area contributed by atoms with Crippen molar-refractivity contribution in [3.05, 3.63) is 11.9 Å². The molecule has 0 aromatic carbocycles. The van der Waals surface area contributed by atoms with E-state index in [4.69, 9.17) is 0 Å². The van der Waals surface area contributed by atoms with Gasteiger partial charge in [0.05, 0.1) is 23.5 Å². The summed E-state index contributed by atoms with van der Waals surface area (Å²) >= 11 is 0. The molecule has 2 aliphatic rings. The van der Waals surface area contributed by atoms with Crippen molar-refractivity contribution >= 4 is 9.84 Å². The number of hydrogen-bond acceptors (Lipinski definition) is 5. The molecule has 1 aromatic heterocycles. The summed E-state index contributed by atoms with van der Waals surface area (Å²) in [7, 11) is -3.28. The molecule has 1 saturated heterocycles. The minimum absolute atomic E-state index is 0.0122. The van der Waals surface area contributed by atoms with Crippen molar-refractivity contribution in [1.29, 1.82) is 0 Å². The van der Waals surface area contributed by atoms with Crippen LogP contribution in [0.15, 0.2) is 11.1 Å². The van der Waals surface area contributed by atoms with Crippen molar-refractivity contribution < 1.29 is 13.5 Å². The zero-order valence-corrected chi connectivity index (χ0v) is 13.9. The van der Waals surface area contributed by atoms with E-state index >= 15 is 0 Å². The highest BCUT2D eigenvalue weighted by Gasteiger charge is 2.38. The van der Waals surface area contributed by atoms with Crippen molar-refractivity contribution in [3.63, 3.8) is 0 Å². The van der Waals surface area contributed by atoms with Gasteiger partial charge in [-0.25, -0.2) is 8.42 Å². The summed E-state index contributed by atoms with van der Waals surface area (Å²) in [4.78, 5) is 2.52. The van der Waals surface area contributed by atoms with Gasteiger partial charge in [0.15, 0.2) is 9.84 Å². The van der Waals surface area contributed by atoms with Gasteiger partial charge in [0.2, 0.25) is 0 Å². The van der Waals surface area contributed by atoms with E-state index in [0.717, 1.165) is 45.1 Å². The molecule has 1 saturated carbocycles. The van der Waals surface area contributed by atoms with Crippen LogP contribution in [-0.4, -0.2) is 53.6 Å². The molecule has 7 heteroatoms. The highest BCUT2D eigenvalue weighted by Crippen LogP contribution is 2.37. The van der Waals surface area contributed by atoms with Crippen LogP contribution in [0.25, 0.3) is 0 Å². The maximum atomic E-state index is 11.9. The van der Waals surface area contributed by atoms with Crippen LogP contribution in [0.2, 0.25) is 0 Å². The summed E-state index contributed by atoms with van der Waals surface area (Å²) in [5, 5.41) is 17.6. The summed E-state index contributed by atoms with van der Waals surface area (Å²) < 4.78 is 23.8. The molecule has 3 rings (SSSR count). The van der Waals surface area contributed by atoms with Crippen LogP contribution in [0.5, 0.6) is 0 Å². The second-order valence-corrected chi connectivity index (χ2v) is 8.82. The molecule has 2 fully saturated rings. The minimum atomic E-state index is -3.28. The van der Waals surface area contributed by atoms with E-state index in [1.807, 2.05) is 0 Å². The molecule has 1 aliphatic carbocycles. The summed E-state index contributed by atoms with van der Waals surface area (Å²) in [5.74, 6) is 0. The molecule has 1 unspecified atom stereocenters. The average molecular weight is 327 g/mol. The van der Waals surface area contributed by atoms with Crippen LogP contribution in [-0.2, 0) is 9.84 Å². The number of aromatic amines is 1. The molecular formula is C15H25N3O3S. The van der Waals surface area contributed by atoms with Crippen LogP contribution in [0.4, 0.5) is 0 Å². The normalized spacial score (nSPS) is 26.4. The van der Waals surface area contributed by atoms with Gasteiger partial charge in [-0.05, 0) is 32.2 Å². The molecule has 0 radical (unpaired) electrons. The summed E-state index contributed by atoms with van der Waals surface area (Å²) in [6, 6.07) is 0.0122. The lowest BCUT2D eigenvalue weighted by atomic mass is 9.84. The number of likely N-dealkylation sites (tertiary alicyclic amines) is 1. The maximum Gasteiger partial charge on any atom is 0.178 e. The quantitative estimate of drug-likeness (QED) is 0.878. The number of H-pyrrole nitrogens is 1. The summed E-state index contributed by atoms with van der Waals surface area (Å²) in [6.07, 6.45) is 9.58. The predicted octanol–water partition coefficient (Wildman–Crippen LogP) is 1.65. The van der Waals surface area contributed by atoms with Gasteiger partial charge in [-0.15, -0.1) is 0 Å². The van der Waals surface area contributed by atoms with E-state index in [1.165, 1.54) is 18.9 Å². The minimum Gasteiger partial charge on any atom is -0.389 e. The second-order valence-electron chi connectivity index (χ2n) is 6.83. The van der Waals surface area contributed by atoms with E-state index in [0.29, 0.717) is 17.1 Å². The third kappa shape index (κ3) is 3.21. The van der Waals surface area contributed by atoms with Gasteiger partial charge in [-0.3, -0.25) is 10.00 Å². The molecule has 2 heterocycles. The van der Waals surface area contributed by atoms with Crippen LogP contribution in [0.3, 0.4) is 0 Å². The Morgan fingerprint density at radius 3 is 2.77 bits per heavy atom. The van der Waals surface area contributed by atoms with Crippen molar-refractivity contribution in [2.24, 2.45) is 0 Å². The highest BCUT2D eigenvalue weighted by molar-refractivity contribution is 7.90. The lowest BCUT2D eigenvalue weighted by Gasteiger charge is -2.37. The molecule has 22 heavy (non-hydrogen) atoms. The number of β-amino-alcohol motifs (C(OH)–C–C–N with tert-alkyl or cyclic N) is 1. The summed E-state index contributed by atoms with van der Waals surface area (Å²) in [6.45, 7) is 1.52. The first kappa shape index (κ1) is 16.0. The third-order valence-electron chi connectivity index (χ3n) is 5.01. The van der Waals surface area contributed by atoms with E-state index in [2.05, 4.69) is 15.1 Å². The molecule has 0 amide bonds. The third-order valence-corrected chi connectivity index (χ3v) is 6.13. The highest BCUT2D eigenvalue weighted by atomic mass is 32.2. The SMILES string of the molecule is CS(=O)(=O)c1cn[nH]c1C1CCCN1CC1(O)CCCCC1. The number of aromatic nitrogens is 2. The molecule has 2 N–H and O–H groups in total. The van der Waals surface area contributed by atoms with Crippen molar-refractivity contribution in [3.8, 4) is 0 Å².